The van der Waals surface area contributed by atoms with Crippen molar-refractivity contribution in [1.29, 1.82) is 0 Å². The van der Waals surface area contributed by atoms with Crippen LogP contribution in [0.5, 0.6) is 0 Å². The van der Waals surface area contributed by atoms with Crippen molar-refractivity contribution in [2.45, 2.75) is 18.2 Å². The minimum absolute atomic E-state index is 0.00340. The number of hydrogen-bond donors (Lipinski definition) is 2. The highest BCUT2D eigenvalue weighted by Crippen LogP contribution is 2.14. The quantitative estimate of drug-likeness (QED) is 0.747. The van der Waals surface area contributed by atoms with Gasteiger partial charge in [-0.25, -0.2) is 18.5 Å². The maximum absolute atomic E-state index is 12.1. The third-order valence-electron chi connectivity index (χ3n) is 3.54. The number of anilines is 1. The van der Waals surface area contributed by atoms with Crippen molar-refractivity contribution in [2.75, 3.05) is 5.32 Å². The minimum atomic E-state index is -3.74. The third kappa shape index (κ3) is 3.44. The van der Waals surface area contributed by atoms with Gasteiger partial charge in [0.2, 0.25) is 15.9 Å². The summed E-state index contributed by atoms with van der Waals surface area (Å²) in [5, 5.41) is 7.74. The lowest BCUT2D eigenvalue weighted by atomic mass is 10.3. The fourth-order valence-corrected chi connectivity index (χ4v) is 2.90. The highest BCUT2D eigenvalue weighted by Gasteiger charge is 2.11. The number of primary sulfonamides is 1. The van der Waals surface area contributed by atoms with E-state index in [0.717, 1.165) is 11.2 Å². The van der Waals surface area contributed by atoms with Gasteiger partial charge in [-0.05, 0) is 42.8 Å². The molecule has 2 heterocycles. The summed E-state index contributed by atoms with van der Waals surface area (Å²) in [6, 6.07) is 9.55. The summed E-state index contributed by atoms with van der Waals surface area (Å²) < 4.78 is 24.3. The summed E-state index contributed by atoms with van der Waals surface area (Å²) in [5.74, 6) is -0.237. The van der Waals surface area contributed by atoms with Crippen LogP contribution >= 0.6 is 0 Å². The van der Waals surface area contributed by atoms with Gasteiger partial charge in [-0.3, -0.25) is 4.79 Å². The molecular formula is C16H16N4O3S. The van der Waals surface area contributed by atoms with Crippen molar-refractivity contribution in [3.05, 3.63) is 60.0 Å². The summed E-state index contributed by atoms with van der Waals surface area (Å²) in [5.41, 5.74) is 3.00. The molecule has 0 radical (unpaired) electrons. The van der Waals surface area contributed by atoms with E-state index in [1.54, 1.807) is 0 Å². The summed E-state index contributed by atoms with van der Waals surface area (Å²) >= 11 is 0. The summed E-state index contributed by atoms with van der Waals surface area (Å²) in [6.07, 6.45) is 3.81. The smallest absolute Gasteiger partial charge is 0.238 e. The number of amides is 1. The van der Waals surface area contributed by atoms with Crippen LogP contribution in [0.15, 0.2) is 53.7 Å². The van der Waals surface area contributed by atoms with Gasteiger partial charge in [0.1, 0.15) is 5.65 Å². The lowest BCUT2D eigenvalue weighted by molar-refractivity contribution is -0.115. The molecule has 0 spiro atoms. The average Bonchev–Trinajstić information content (AvgIpc) is 2.90. The number of rotatable bonds is 4. The number of benzene rings is 1. The monoisotopic (exact) mass is 344 g/mol. The second-order valence-corrected chi connectivity index (χ2v) is 7.01. The Kier molecular flexibility index (Phi) is 4.08. The van der Waals surface area contributed by atoms with Gasteiger partial charge < -0.3 is 9.72 Å². The van der Waals surface area contributed by atoms with Gasteiger partial charge >= 0.3 is 0 Å². The molecule has 3 N–H and O–H groups in total. The molecular weight excluding hydrogens is 328 g/mol. The van der Waals surface area contributed by atoms with Crippen LogP contribution in [0, 0.1) is 6.92 Å². The largest absolute Gasteiger partial charge is 0.326 e. The first-order valence-electron chi connectivity index (χ1n) is 7.19. The van der Waals surface area contributed by atoms with E-state index in [1.807, 2.05) is 35.9 Å². The molecule has 0 bridgehead atoms. The lowest BCUT2D eigenvalue weighted by Crippen LogP contribution is -2.15. The first-order valence-corrected chi connectivity index (χ1v) is 8.73. The molecule has 1 aromatic carbocycles. The van der Waals surface area contributed by atoms with E-state index in [9.17, 15) is 13.2 Å². The van der Waals surface area contributed by atoms with Gasteiger partial charge in [-0.15, -0.1) is 0 Å². The van der Waals surface area contributed by atoms with Crippen molar-refractivity contribution in [3.8, 4) is 0 Å². The van der Waals surface area contributed by atoms with Gasteiger partial charge in [0.15, 0.2) is 0 Å². The molecule has 0 saturated heterocycles. The van der Waals surface area contributed by atoms with Crippen LogP contribution in [0.25, 0.3) is 5.65 Å². The Morgan fingerprint density at radius 2 is 1.96 bits per heavy atom. The number of fused-ring (bicyclic) bond motifs is 1. The normalized spacial score (nSPS) is 11.6. The van der Waals surface area contributed by atoms with E-state index in [-0.39, 0.29) is 17.2 Å². The van der Waals surface area contributed by atoms with Gasteiger partial charge in [0, 0.05) is 18.1 Å². The number of aryl methyl sites for hydroxylation is 1. The van der Waals surface area contributed by atoms with Gasteiger partial charge in [-0.2, -0.15) is 0 Å². The number of imidazole rings is 1. The van der Waals surface area contributed by atoms with E-state index in [2.05, 4.69) is 10.3 Å². The Labute approximate surface area is 139 Å². The maximum atomic E-state index is 12.1. The number of nitrogens with zero attached hydrogens (tertiary/aromatic N) is 2. The molecule has 0 aliphatic rings. The van der Waals surface area contributed by atoms with Crippen molar-refractivity contribution in [1.82, 2.24) is 9.38 Å². The number of aromatic nitrogens is 2. The van der Waals surface area contributed by atoms with Crippen LogP contribution in [-0.2, 0) is 21.2 Å². The number of nitrogens with two attached hydrogens (primary N) is 1. The standard InChI is InChI=1S/C16H16N4O3S/c1-11-3-2-8-20-10-13(19-16(11)20)9-15(21)18-12-4-6-14(7-5-12)24(17,22)23/h2-8,10H,9H2,1H3,(H,18,21)(H2,17,22,23). The van der Waals surface area contributed by atoms with E-state index in [1.165, 1.54) is 24.3 Å². The highest BCUT2D eigenvalue weighted by atomic mass is 32.2. The molecule has 2 aromatic heterocycles. The Morgan fingerprint density at radius 1 is 1.25 bits per heavy atom. The van der Waals surface area contributed by atoms with E-state index in [4.69, 9.17) is 5.14 Å². The van der Waals surface area contributed by atoms with Crippen molar-refractivity contribution in [2.24, 2.45) is 5.14 Å². The molecule has 0 aliphatic heterocycles. The van der Waals surface area contributed by atoms with E-state index >= 15 is 0 Å². The van der Waals surface area contributed by atoms with Crippen LogP contribution in [0.4, 0.5) is 5.69 Å². The van der Waals surface area contributed by atoms with Crippen molar-refractivity contribution in [3.63, 3.8) is 0 Å². The molecule has 0 saturated carbocycles. The topological polar surface area (TPSA) is 107 Å². The summed E-state index contributed by atoms with van der Waals surface area (Å²) in [4.78, 5) is 16.6. The van der Waals surface area contributed by atoms with E-state index < -0.39 is 10.0 Å². The molecule has 24 heavy (non-hydrogen) atoms. The number of pyridine rings is 1. The zero-order chi connectivity index (χ0) is 17.3. The minimum Gasteiger partial charge on any atom is -0.326 e. The molecule has 3 rings (SSSR count). The zero-order valence-electron chi connectivity index (χ0n) is 12.9. The molecule has 1 amide bonds. The molecule has 0 fully saturated rings. The van der Waals surface area contributed by atoms with Gasteiger partial charge in [0.25, 0.3) is 0 Å². The highest BCUT2D eigenvalue weighted by molar-refractivity contribution is 7.89. The van der Waals surface area contributed by atoms with Crippen molar-refractivity contribution < 1.29 is 13.2 Å². The predicted molar refractivity (Wildman–Crippen MR) is 90.1 cm³/mol. The third-order valence-corrected chi connectivity index (χ3v) is 4.47. The second kappa shape index (κ2) is 6.06. The van der Waals surface area contributed by atoms with E-state index in [0.29, 0.717) is 11.4 Å². The van der Waals surface area contributed by atoms with Crippen LogP contribution in [0.1, 0.15) is 11.3 Å². The Hall–Kier alpha value is -2.71. The Morgan fingerprint density at radius 3 is 2.58 bits per heavy atom. The fraction of sp³-hybridized carbons (Fsp3) is 0.125. The second-order valence-electron chi connectivity index (χ2n) is 5.45. The average molecular weight is 344 g/mol. The Bertz CT molecular complexity index is 1010. The first-order chi connectivity index (χ1) is 11.3. The Balaban J connectivity index is 1.71. The number of sulfonamides is 1. The van der Waals surface area contributed by atoms with Gasteiger partial charge in [0.05, 0.1) is 17.0 Å². The summed E-state index contributed by atoms with van der Waals surface area (Å²) in [7, 11) is -3.74. The first kappa shape index (κ1) is 16.2. The van der Waals surface area contributed by atoms with Crippen LogP contribution < -0.4 is 10.5 Å². The zero-order valence-corrected chi connectivity index (χ0v) is 13.7. The molecule has 0 atom stereocenters. The predicted octanol–water partition coefficient (Wildman–Crippen LogP) is 1.47. The van der Waals surface area contributed by atoms with Gasteiger partial charge in [-0.1, -0.05) is 6.07 Å². The molecule has 0 unspecified atom stereocenters. The molecule has 0 aliphatic carbocycles. The number of nitrogens with one attached hydrogen (secondary N) is 1. The molecule has 8 heteroatoms. The molecule has 3 aromatic rings. The maximum Gasteiger partial charge on any atom is 0.238 e. The summed E-state index contributed by atoms with van der Waals surface area (Å²) in [6.45, 7) is 1.96. The SMILES string of the molecule is Cc1cccn2cc(CC(=O)Nc3ccc(S(N)(=O)=O)cc3)nc12. The number of hydrogen-bond acceptors (Lipinski definition) is 4. The van der Waals surface area contributed by atoms with Crippen LogP contribution in [0.2, 0.25) is 0 Å². The van der Waals surface area contributed by atoms with Crippen LogP contribution in [-0.4, -0.2) is 23.7 Å². The van der Waals surface area contributed by atoms with Crippen LogP contribution in [0.3, 0.4) is 0 Å². The molecule has 7 nitrogen and oxygen atoms in total. The molecule has 124 valence electrons. The number of carbonyl (C=O) groups excluding carboxylic acids is 1. The van der Waals surface area contributed by atoms with Crippen molar-refractivity contribution >= 4 is 27.3 Å². The number of carbonyl (C=O) groups is 1. The lowest BCUT2D eigenvalue weighted by Gasteiger charge is -2.05. The fourth-order valence-electron chi connectivity index (χ4n) is 2.39.